The van der Waals surface area contributed by atoms with Crippen LogP contribution < -0.4 is 4.74 Å². The van der Waals surface area contributed by atoms with Gasteiger partial charge in [-0.3, -0.25) is 4.79 Å². The molecule has 0 atom stereocenters. The van der Waals surface area contributed by atoms with Crippen LogP contribution in [0.3, 0.4) is 0 Å². The molecule has 4 nitrogen and oxygen atoms in total. The number of hydrogen-bond donors (Lipinski definition) is 0. The zero-order chi connectivity index (χ0) is 16.7. The number of benzene rings is 1. The zero-order valence-corrected chi connectivity index (χ0v) is 13.5. The summed E-state index contributed by atoms with van der Waals surface area (Å²) < 4.78 is 10.8. The first-order valence-corrected chi connectivity index (χ1v) is 7.56. The predicted octanol–water partition coefficient (Wildman–Crippen LogP) is 3.44. The third kappa shape index (κ3) is 4.93. The van der Waals surface area contributed by atoms with Gasteiger partial charge in [-0.25, -0.2) is 0 Å². The predicted molar refractivity (Wildman–Crippen MR) is 89.0 cm³/mol. The van der Waals surface area contributed by atoms with Crippen molar-refractivity contribution >= 4 is 5.91 Å². The highest BCUT2D eigenvalue weighted by Crippen LogP contribution is 2.18. The molecule has 2 aromatic rings. The van der Waals surface area contributed by atoms with Gasteiger partial charge in [0.05, 0.1) is 19.4 Å². The van der Waals surface area contributed by atoms with Crippen molar-refractivity contribution < 1.29 is 13.9 Å². The highest BCUT2D eigenvalue weighted by atomic mass is 16.5. The van der Waals surface area contributed by atoms with E-state index < -0.39 is 0 Å². The number of amides is 1. The summed E-state index contributed by atoms with van der Waals surface area (Å²) in [5.41, 5.74) is 1.23. The SMILES string of the molecule is C#CCN(Cc1ccco1)C(=O)COc1ccc(C(C)C)cc1. The fraction of sp³-hybridized carbons (Fsp3) is 0.316. The number of nitrogens with zero attached hydrogens (tertiary/aromatic N) is 1. The lowest BCUT2D eigenvalue weighted by Crippen LogP contribution is -2.34. The maximum absolute atomic E-state index is 12.3. The average Bonchev–Trinajstić information content (AvgIpc) is 3.05. The Balaban J connectivity index is 1.92. The van der Waals surface area contributed by atoms with Gasteiger partial charge < -0.3 is 14.1 Å². The second-order valence-electron chi connectivity index (χ2n) is 5.55. The first-order valence-electron chi connectivity index (χ1n) is 7.56. The maximum atomic E-state index is 12.3. The first kappa shape index (κ1) is 16.7. The molecule has 0 radical (unpaired) electrons. The first-order chi connectivity index (χ1) is 11.1. The smallest absolute Gasteiger partial charge is 0.261 e. The molecule has 1 heterocycles. The van der Waals surface area contributed by atoms with E-state index in [-0.39, 0.29) is 19.1 Å². The number of furan rings is 1. The van der Waals surface area contributed by atoms with Gasteiger partial charge in [-0.15, -0.1) is 6.42 Å². The third-order valence-electron chi connectivity index (χ3n) is 3.47. The molecule has 0 unspecified atom stereocenters. The summed E-state index contributed by atoms with van der Waals surface area (Å²) in [4.78, 5) is 13.8. The van der Waals surface area contributed by atoms with Gasteiger partial charge >= 0.3 is 0 Å². The van der Waals surface area contributed by atoms with Crippen LogP contribution in [0.4, 0.5) is 0 Å². The van der Waals surface area contributed by atoms with Crippen LogP contribution >= 0.6 is 0 Å². The Morgan fingerprint density at radius 1 is 1.30 bits per heavy atom. The monoisotopic (exact) mass is 311 g/mol. The van der Waals surface area contributed by atoms with Gasteiger partial charge in [-0.05, 0) is 35.7 Å². The van der Waals surface area contributed by atoms with Crippen molar-refractivity contribution in [2.75, 3.05) is 13.2 Å². The molecule has 1 aromatic heterocycles. The molecule has 120 valence electrons. The maximum Gasteiger partial charge on any atom is 0.261 e. The van der Waals surface area contributed by atoms with E-state index in [0.717, 1.165) is 0 Å². The quantitative estimate of drug-likeness (QED) is 0.736. The average molecular weight is 311 g/mol. The summed E-state index contributed by atoms with van der Waals surface area (Å²) in [7, 11) is 0. The Kier molecular flexibility index (Phi) is 5.87. The van der Waals surface area contributed by atoms with Crippen LogP contribution in [0.5, 0.6) is 5.75 Å². The van der Waals surface area contributed by atoms with E-state index in [4.69, 9.17) is 15.6 Å². The molecule has 1 amide bonds. The van der Waals surface area contributed by atoms with Crippen molar-refractivity contribution in [2.45, 2.75) is 26.3 Å². The number of hydrogen-bond acceptors (Lipinski definition) is 3. The van der Waals surface area contributed by atoms with Crippen LogP contribution in [0.2, 0.25) is 0 Å². The normalized spacial score (nSPS) is 10.3. The molecule has 4 heteroatoms. The Bertz CT molecular complexity index is 651. The molecular weight excluding hydrogens is 290 g/mol. The van der Waals surface area contributed by atoms with Gasteiger partial charge in [-0.2, -0.15) is 0 Å². The van der Waals surface area contributed by atoms with Crippen molar-refractivity contribution in [3.05, 3.63) is 54.0 Å². The number of rotatable bonds is 7. The van der Waals surface area contributed by atoms with E-state index in [1.54, 1.807) is 12.3 Å². The standard InChI is InChI=1S/C19H21NO3/c1-4-11-20(13-18-6-5-12-22-18)19(21)14-23-17-9-7-16(8-10-17)15(2)3/h1,5-10,12,15H,11,13-14H2,2-3H3. The Morgan fingerprint density at radius 2 is 2.04 bits per heavy atom. The summed E-state index contributed by atoms with van der Waals surface area (Å²) in [5, 5.41) is 0. The largest absolute Gasteiger partial charge is 0.484 e. The highest BCUT2D eigenvalue weighted by Gasteiger charge is 2.15. The van der Waals surface area contributed by atoms with E-state index in [1.807, 2.05) is 30.3 Å². The lowest BCUT2D eigenvalue weighted by atomic mass is 10.0. The van der Waals surface area contributed by atoms with Crippen molar-refractivity contribution in [3.63, 3.8) is 0 Å². The molecule has 0 aliphatic carbocycles. The van der Waals surface area contributed by atoms with Crippen molar-refractivity contribution in [1.82, 2.24) is 4.90 Å². The minimum atomic E-state index is -0.174. The lowest BCUT2D eigenvalue weighted by Gasteiger charge is -2.19. The molecule has 23 heavy (non-hydrogen) atoms. The molecule has 0 saturated carbocycles. The van der Waals surface area contributed by atoms with Crippen LogP contribution in [0.1, 0.15) is 31.1 Å². The van der Waals surface area contributed by atoms with E-state index in [9.17, 15) is 4.79 Å². The number of carbonyl (C=O) groups is 1. The molecule has 0 fully saturated rings. The molecular formula is C19H21NO3. The van der Waals surface area contributed by atoms with E-state index in [0.29, 0.717) is 24.0 Å². The van der Waals surface area contributed by atoms with Gasteiger partial charge in [-0.1, -0.05) is 31.9 Å². The summed E-state index contributed by atoms with van der Waals surface area (Å²) in [6.45, 7) is 4.77. The molecule has 0 saturated heterocycles. The van der Waals surface area contributed by atoms with Gasteiger partial charge in [0.25, 0.3) is 5.91 Å². The van der Waals surface area contributed by atoms with Gasteiger partial charge in [0, 0.05) is 0 Å². The summed E-state index contributed by atoms with van der Waals surface area (Å²) in [5.74, 6) is 4.13. The zero-order valence-electron chi connectivity index (χ0n) is 13.5. The van der Waals surface area contributed by atoms with Gasteiger partial charge in [0.15, 0.2) is 6.61 Å². The Hall–Kier alpha value is -2.67. The minimum absolute atomic E-state index is 0.0522. The van der Waals surface area contributed by atoms with E-state index in [1.165, 1.54) is 10.5 Å². The molecule has 0 N–H and O–H groups in total. The van der Waals surface area contributed by atoms with Crippen LogP contribution in [0, 0.1) is 12.3 Å². The summed E-state index contributed by atoms with van der Waals surface area (Å²) >= 11 is 0. The number of terminal acetylenes is 1. The molecule has 0 bridgehead atoms. The van der Waals surface area contributed by atoms with Gasteiger partial charge in [0.1, 0.15) is 11.5 Å². The highest BCUT2D eigenvalue weighted by molar-refractivity contribution is 5.78. The summed E-state index contributed by atoms with van der Waals surface area (Å²) in [6, 6.07) is 11.4. The molecule has 2 rings (SSSR count). The summed E-state index contributed by atoms with van der Waals surface area (Å²) in [6.07, 6.45) is 6.90. The molecule has 0 spiro atoms. The van der Waals surface area contributed by atoms with Crippen LogP contribution in [-0.2, 0) is 11.3 Å². The van der Waals surface area contributed by atoms with E-state index in [2.05, 4.69) is 19.8 Å². The van der Waals surface area contributed by atoms with E-state index >= 15 is 0 Å². The Morgan fingerprint density at radius 3 is 2.61 bits per heavy atom. The van der Waals surface area contributed by atoms with Crippen molar-refractivity contribution in [3.8, 4) is 18.1 Å². The fourth-order valence-corrected chi connectivity index (χ4v) is 2.12. The second-order valence-corrected chi connectivity index (χ2v) is 5.55. The molecule has 1 aromatic carbocycles. The minimum Gasteiger partial charge on any atom is -0.484 e. The van der Waals surface area contributed by atoms with Crippen molar-refractivity contribution in [2.24, 2.45) is 0 Å². The van der Waals surface area contributed by atoms with Crippen molar-refractivity contribution in [1.29, 1.82) is 0 Å². The van der Waals surface area contributed by atoms with Crippen LogP contribution in [-0.4, -0.2) is 24.0 Å². The topological polar surface area (TPSA) is 42.7 Å². The van der Waals surface area contributed by atoms with Crippen LogP contribution in [0.25, 0.3) is 0 Å². The number of carbonyl (C=O) groups excluding carboxylic acids is 1. The molecule has 0 aliphatic heterocycles. The third-order valence-corrected chi connectivity index (χ3v) is 3.47. The van der Waals surface area contributed by atoms with Crippen LogP contribution in [0.15, 0.2) is 47.1 Å². The second kappa shape index (κ2) is 8.09. The van der Waals surface area contributed by atoms with Gasteiger partial charge in [0.2, 0.25) is 0 Å². The lowest BCUT2D eigenvalue weighted by molar-refractivity contribution is -0.133. The molecule has 0 aliphatic rings. The number of ether oxygens (including phenoxy) is 1. The Labute approximate surface area is 137 Å². The fourth-order valence-electron chi connectivity index (χ4n) is 2.12.